The quantitative estimate of drug-likeness (QED) is 0.786. The van der Waals surface area contributed by atoms with E-state index in [1.54, 1.807) is 29.5 Å². The van der Waals surface area contributed by atoms with Gasteiger partial charge in [0.15, 0.2) is 0 Å². The van der Waals surface area contributed by atoms with Crippen LogP contribution in [-0.4, -0.2) is 17.6 Å². The van der Waals surface area contributed by atoms with Crippen LogP contribution in [0.4, 0.5) is 0 Å². The first kappa shape index (κ1) is 12.8. The summed E-state index contributed by atoms with van der Waals surface area (Å²) in [5, 5.41) is 14.3. The van der Waals surface area contributed by atoms with Crippen LogP contribution in [0.5, 0.6) is 0 Å². The van der Waals surface area contributed by atoms with Gasteiger partial charge in [-0.25, -0.2) is 4.79 Å². The number of carboxylic acids is 1. The van der Waals surface area contributed by atoms with Crippen molar-refractivity contribution in [3.05, 3.63) is 57.8 Å². The molecule has 0 saturated carbocycles. The van der Waals surface area contributed by atoms with E-state index in [4.69, 9.17) is 5.11 Å². The highest BCUT2D eigenvalue weighted by atomic mass is 32.1. The van der Waals surface area contributed by atoms with E-state index in [1.165, 1.54) is 4.88 Å². The topological polar surface area (TPSA) is 49.3 Å². The minimum Gasteiger partial charge on any atom is -0.478 e. The molecular formula is C14H15NO2S. The molecule has 4 heteroatoms. The minimum atomic E-state index is -0.879. The summed E-state index contributed by atoms with van der Waals surface area (Å²) in [7, 11) is 0. The van der Waals surface area contributed by atoms with Crippen LogP contribution in [0, 0.1) is 0 Å². The van der Waals surface area contributed by atoms with Crippen LogP contribution >= 0.6 is 11.3 Å². The van der Waals surface area contributed by atoms with Crippen LogP contribution in [0.15, 0.2) is 41.8 Å². The highest BCUT2D eigenvalue weighted by molar-refractivity contribution is 7.09. The fourth-order valence-electron chi connectivity index (χ4n) is 1.71. The first-order chi connectivity index (χ1) is 8.75. The molecule has 0 aliphatic heterocycles. The maximum absolute atomic E-state index is 10.8. The van der Waals surface area contributed by atoms with Crippen LogP contribution in [0.25, 0.3) is 0 Å². The molecule has 0 bridgehead atoms. The zero-order valence-electron chi connectivity index (χ0n) is 9.93. The van der Waals surface area contributed by atoms with E-state index in [2.05, 4.69) is 22.8 Å². The SMILES string of the molecule is O=C(O)c1cccc(CNCCc2cccs2)c1. The smallest absolute Gasteiger partial charge is 0.335 e. The standard InChI is InChI=1S/C14H15NO2S/c16-14(17)12-4-1-3-11(9-12)10-15-7-6-13-5-2-8-18-13/h1-5,8-9,15H,6-7,10H2,(H,16,17). The summed E-state index contributed by atoms with van der Waals surface area (Å²) < 4.78 is 0. The molecule has 94 valence electrons. The summed E-state index contributed by atoms with van der Waals surface area (Å²) in [6.07, 6.45) is 1.01. The predicted molar refractivity (Wildman–Crippen MR) is 73.1 cm³/mol. The highest BCUT2D eigenvalue weighted by Crippen LogP contribution is 2.09. The van der Waals surface area contributed by atoms with Gasteiger partial charge in [0.1, 0.15) is 0 Å². The third-order valence-electron chi connectivity index (χ3n) is 2.63. The lowest BCUT2D eigenvalue weighted by Crippen LogP contribution is -2.16. The Morgan fingerprint density at radius 3 is 2.89 bits per heavy atom. The van der Waals surface area contributed by atoms with E-state index in [1.807, 2.05) is 6.07 Å². The van der Waals surface area contributed by atoms with E-state index in [0.29, 0.717) is 12.1 Å². The van der Waals surface area contributed by atoms with Crippen LogP contribution in [-0.2, 0) is 13.0 Å². The van der Waals surface area contributed by atoms with Gasteiger partial charge in [-0.2, -0.15) is 0 Å². The lowest BCUT2D eigenvalue weighted by Gasteiger charge is -2.05. The zero-order chi connectivity index (χ0) is 12.8. The van der Waals surface area contributed by atoms with Crippen LogP contribution in [0.1, 0.15) is 20.8 Å². The van der Waals surface area contributed by atoms with Gasteiger partial charge in [0.2, 0.25) is 0 Å². The van der Waals surface area contributed by atoms with Gasteiger partial charge in [0.05, 0.1) is 5.56 Å². The molecule has 0 aliphatic rings. The Morgan fingerprint density at radius 1 is 1.28 bits per heavy atom. The molecule has 1 heterocycles. The largest absolute Gasteiger partial charge is 0.478 e. The van der Waals surface area contributed by atoms with Gasteiger partial charge in [-0.05, 0) is 35.6 Å². The molecule has 0 saturated heterocycles. The second-order valence-corrected chi connectivity index (χ2v) is 5.04. The van der Waals surface area contributed by atoms with E-state index < -0.39 is 5.97 Å². The van der Waals surface area contributed by atoms with Crippen molar-refractivity contribution in [1.29, 1.82) is 0 Å². The molecule has 2 aromatic rings. The van der Waals surface area contributed by atoms with Gasteiger partial charge in [0.25, 0.3) is 0 Å². The molecule has 1 aromatic carbocycles. The summed E-state index contributed by atoms with van der Waals surface area (Å²) in [5.74, 6) is -0.879. The average Bonchev–Trinajstić information content (AvgIpc) is 2.88. The van der Waals surface area contributed by atoms with Crippen molar-refractivity contribution in [1.82, 2.24) is 5.32 Å². The maximum Gasteiger partial charge on any atom is 0.335 e. The van der Waals surface area contributed by atoms with Crippen LogP contribution in [0.3, 0.4) is 0 Å². The molecular weight excluding hydrogens is 246 g/mol. The van der Waals surface area contributed by atoms with E-state index in [0.717, 1.165) is 18.5 Å². The Balaban J connectivity index is 1.79. The predicted octanol–water partition coefficient (Wildman–Crippen LogP) is 2.78. The van der Waals surface area contributed by atoms with Crippen molar-refractivity contribution in [2.75, 3.05) is 6.54 Å². The molecule has 0 spiro atoms. The van der Waals surface area contributed by atoms with E-state index >= 15 is 0 Å². The summed E-state index contributed by atoms with van der Waals surface area (Å²) in [4.78, 5) is 12.2. The summed E-state index contributed by atoms with van der Waals surface area (Å²) in [6, 6.07) is 11.2. The molecule has 0 aliphatic carbocycles. The van der Waals surface area contributed by atoms with Gasteiger partial charge in [0, 0.05) is 18.0 Å². The Hall–Kier alpha value is -1.65. The van der Waals surface area contributed by atoms with E-state index in [-0.39, 0.29) is 0 Å². The summed E-state index contributed by atoms with van der Waals surface area (Å²) in [6.45, 7) is 1.60. The van der Waals surface area contributed by atoms with Crippen LogP contribution < -0.4 is 5.32 Å². The average molecular weight is 261 g/mol. The number of thiophene rings is 1. The molecule has 0 amide bonds. The molecule has 0 fully saturated rings. The Bertz CT molecular complexity index is 508. The van der Waals surface area contributed by atoms with Crippen molar-refractivity contribution in [3.63, 3.8) is 0 Å². The molecule has 2 N–H and O–H groups in total. The Kier molecular flexibility index (Phi) is 4.50. The van der Waals surface area contributed by atoms with Crippen LogP contribution in [0.2, 0.25) is 0 Å². The fourth-order valence-corrected chi connectivity index (χ4v) is 2.42. The normalized spacial score (nSPS) is 10.4. The molecule has 0 unspecified atom stereocenters. The van der Waals surface area contributed by atoms with Crippen molar-refractivity contribution >= 4 is 17.3 Å². The lowest BCUT2D eigenvalue weighted by atomic mass is 10.1. The molecule has 1 aromatic heterocycles. The second kappa shape index (κ2) is 6.33. The number of hydrogen-bond donors (Lipinski definition) is 2. The molecule has 18 heavy (non-hydrogen) atoms. The summed E-state index contributed by atoms with van der Waals surface area (Å²) >= 11 is 1.76. The first-order valence-electron chi connectivity index (χ1n) is 5.81. The number of carboxylic acid groups (broad SMARTS) is 1. The van der Waals surface area contributed by atoms with E-state index in [9.17, 15) is 4.79 Å². The number of carbonyl (C=O) groups is 1. The number of benzene rings is 1. The fraction of sp³-hybridized carbons (Fsp3) is 0.214. The van der Waals surface area contributed by atoms with Crippen molar-refractivity contribution in [2.24, 2.45) is 0 Å². The Labute approximate surface area is 110 Å². The summed E-state index contributed by atoms with van der Waals surface area (Å²) in [5.41, 5.74) is 1.34. The van der Waals surface area contributed by atoms with Gasteiger partial charge < -0.3 is 10.4 Å². The van der Waals surface area contributed by atoms with Crippen molar-refractivity contribution in [2.45, 2.75) is 13.0 Å². The highest BCUT2D eigenvalue weighted by Gasteiger charge is 2.02. The van der Waals surface area contributed by atoms with Crippen molar-refractivity contribution in [3.8, 4) is 0 Å². The number of nitrogens with one attached hydrogen (secondary N) is 1. The van der Waals surface area contributed by atoms with Gasteiger partial charge in [-0.1, -0.05) is 18.2 Å². The zero-order valence-corrected chi connectivity index (χ0v) is 10.7. The molecule has 3 nitrogen and oxygen atoms in total. The molecule has 0 atom stereocenters. The molecule has 2 rings (SSSR count). The third-order valence-corrected chi connectivity index (χ3v) is 3.57. The van der Waals surface area contributed by atoms with Gasteiger partial charge in [-0.15, -0.1) is 11.3 Å². The minimum absolute atomic E-state index is 0.340. The van der Waals surface area contributed by atoms with Gasteiger partial charge >= 0.3 is 5.97 Å². The lowest BCUT2D eigenvalue weighted by molar-refractivity contribution is 0.0697. The number of hydrogen-bond acceptors (Lipinski definition) is 3. The third kappa shape index (κ3) is 3.68. The second-order valence-electron chi connectivity index (χ2n) is 4.01. The molecule has 0 radical (unpaired) electrons. The van der Waals surface area contributed by atoms with Gasteiger partial charge in [-0.3, -0.25) is 0 Å². The first-order valence-corrected chi connectivity index (χ1v) is 6.69. The number of aromatic carboxylic acids is 1. The maximum atomic E-state index is 10.8. The Morgan fingerprint density at radius 2 is 2.17 bits per heavy atom. The van der Waals surface area contributed by atoms with Crippen molar-refractivity contribution < 1.29 is 9.90 Å². The monoisotopic (exact) mass is 261 g/mol. The number of rotatable bonds is 6.